The van der Waals surface area contributed by atoms with E-state index < -0.39 is 92.3 Å². The Kier molecular flexibility index (Phi) is 8.77. The number of fused-ring (bicyclic) bond motifs is 1. The summed E-state index contributed by atoms with van der Waals surface area (Å²) in [6, 6.07) is 1.52. The van der Waals surface area contributed by atoms with Gasteiger partial charge in [-0.1, -0.05) is 25.4 Å². The first-order chi connectivity index (χ1) is 21.8. The molecule has 252 valence electrons. The van der Waals surface area contributed by atoms with E-state index in [1.165, 1.54) is 18.0 Å². The van der Waals surface area contributed by atoms with Crippen molar-refractivity contribution >= 4 is 38.5 Å². The van der Waals surface area contributed by atoms with Crippen molar-refractivity contribution in [2.75, 3.05) is 24.5 Å². The number of hydrogen-bond acceptors (Lipinski definition) is 7. The average molecular weight is 711 g/mol. The number of benzene rings is 1. The van der Waals surface area contributed by atoms with Crippen LogP contribution in [0.3, 0.4) is 0 Å². The molecule has 1 aromatic carbocycles. The first-order valence-corrected chi connectivity index (χ1v) is 15.5. The fraction of sp³-hybridized carbons (Fsp3) is 0.357. The van der Waals surface area contributed by atoms with Gasteiger partial charge in [0.15, 0.2) is 39.9 Å². The third-order valence-corrected chi connectivity index (χ3v) is 9.83. The topological polar surface area (TPSA) is 101 Å². The number of nitrogens with zero attached hydrogens (tertiary/aromatic N) is 6. The second-order valence-electron chi connectivity index (χ2n) is 11.1. The molecule has 9 nitrogen and oxygen atoms in total. The molecule has 0 saturated carbocycles. The summed E-state index contributed by atoms with van der Waals surface area (Å²) in [7, 11) is -5.65. The summed E-state index contributed by atoms with van der Waals surface area (Å²) in [5.41, 5.74) is -2.48. The van der Waals surface area contributed by atoms with Crippen LogP contribution in [0.5, 0.6) is 0 Å². The number of halogens is 9. The SMILES string of the molecule is Cc1ccnc(C(C)C)c1-n1c(=O)nc(N2CCN(S(=O)(=O)c3c(F)c(F)c(F)c(F)c3C(F)(F)F)C[C@@H]2C)c2cc(F)c(Cl)nc21. The molecule has 0 spiro atoms. The van der Waals surface area contributed by atoms with E-state index in [2.05, 4.69) is 15.0 Å². The van der Waals surface area contributed by atoms with E-state index in [-0.39, 0.29) is 22.8 Å². The molecule has 1 atom stereocenters. The quantitative estimate of drug-likeness (QED) is 0.111. The van der Waals surface area contributed by atoms with Crippen molar-refractivity contribution in [3.63, 3.8) is 0 Å². The van der Waals surface area contributed by atoms with Crippen molar-refractivity contribution in [1.82, 2.24) is 23.8 Å². The number of aryl methyl sites for hydroxylation is 1. The van der Waals surface area contributed by atoms with Gasteiger partial charge in [-0.3, -0.25) is 4.98 Å². The fourth-order valence-electron chi connectivity index (χ4n) is 5.48. The molecular weight excluding hydrogens is 688 g/mol. The van der Waals surface area contributed by atoms with Crippen LogP contribution >= 0.6 is 11.6 Å². The van der Waals surface area contributed by atoms with Crippen molar-refractivity contribution in [3.05, 3.63) is 79.9 Å². The average Bonchev–Trinajstić information content (AvgIpc) is 2.98. The maximum absolute atomic E-state index is 14.8. The van der Waals surface area contributed by atoms with Crippen LogP contribution in [0.25, 0.3) is 16.7 Å². The number of sulfonamides is 1. The molecule has 0 radical (unpaired) electrons. The van der Waals surface area contributed by atoms with Gasteiger partial charge in [0.25, 0.3) is 0 Å². The van der Waals surface area contributed by atoms with Gasteiger partial charge in [-0.15, -0.1) is 0 Å². The third-order valence-electron chi connectivity index (χ3n) is 7.65. The molecule has 0 aliphatic carbocycles. The van der Waals surface area contributed by atoms with Crippen LogP contribution in [0.4, 0.5) is 40.9 Å². The molecule has 47 heavy (non-hydrogen) atoms. The molecule has 1 fully saturated rings. The number of hydrogen-bond donors (Lipinski definition) is 0. The highest BCUT2D eigenvalue weighted by Gasteiger charge is 2.48. The van der Waals surface area contributed by atoms with Crippen LogP contribution in [0.2, 0.25) is 5.15 Å². The molecule has 0 amide bonds. The standard InChI is InChI=1S/C28H23ClF8N6O3S/c1-11(2)21-22(12(3)5-6-38-21)43-26-14(9-15(30)24(29)39-26)25(40-27(43)44)42-8-7-41(10-13(42)4)47(45,46)23-16(28(35,36)37)17(31)18(32)19(33)20(23)34/h5-6,9,11,13H,7-8,10H2,1-4H3/t13-/m0/s1. The predicted octanol–water partition coefficient (Wildman–Crippen LogP) is 5.87. The minimum Gasteiger partial charge on any atom is -0.350 e. The van der Waals surface area contributed by atoms with Gasteiger partial charge < -0.3 is 4.90 Å². The normalized spacial score (nSPS) is 16.5. The number of alkyl halides is 3. The Bertz CT molecular complexity index is 2110. The van der Waals surface area contributed by atoms with E-state index in [0.29, 0.717) is 21.2 Å². The molecule has 4 aromatic rings. The number of rotatable bonds is 5. The minimum atomic E-state index is -5.93. The molecule has 1 aliphatic rings. The molecule has 0 N–H and O–H groups in total. The van der Waals surface area contributed by atoms with Gasteiger partial charge in [-0.25, -0.2) is 44.7 Å². The predicted molar refractivity (Wildman–Crippen MR) is 154 cm³/mol. The Labute approximate surface area is 266 Å². The second-order valence-corrected chi connectivity index (χ2v) is 13.3. The smallest absolute Gasteiger partial charge is 0.350 e. The van der Waals surface area contributed by atoms with E-state index in [9.17, 15) is 48.3 Å². The third kappa shape index (κ3) is 5.69. The minimum absolute atomic E-state index is 0.0549. The summed E-state index contributed by atoms with van der Waals surface area (Å²) < 4.78 is 141. The summed E-state index contributed by atoms with van der Waals surface area (Å²) in [6.07, 6.45) is -4.39. The molecule has 0 bridgehead atoms. The maximum atomic E-state index is 14.8. The van der Waals surface area contributed by atoms with Crippen LogP contribution in [0.15, 0.2) is 28.0 Å². The number of piperazine rings is 1. The summed E-state index contributed by atoms with van der Waals surface area (Å²) in [4.78, 5) is 25.2. The first kappa shape index (κ1) is 34.4. The van der Waals surface area contributed by atoms with Crippen molar-refractivity contribution in [2.45, 2.75) is 50.7 Å². The van der Waals surface area contributed by atoms with Gasteiger partial charge in [0.2, 0.25) is 10.0 Å². The van der Waals surface area contributed by atoms with Crippen LogP contribution < -0.4 is 10.6 Å². The molecular formula is C28H23ClF8N6O3S. The number of pyridine rings is 2. The Morgan fingerprint density at radius 2 is 1.64 bits per heavy atom. The highest BCUT2D eigenvalue weighted by molar-refractivity contribution is 7.89. The summed E-state index contributed by atoms with van der Waals surface area (Å²) in [5, 5.41) is -0.638. The second kappa shape index (κ2) is 12.0. The van der Waals surface area contributed by atoms with Crippen LogP contribution in [-0.4, -0.2) is 57.9 Å². The number of anilines is 1. The lowest BCUT2D eigenvalue weighted by Gasteiger charge is -2.40. The monoisotopic (exact) mass is 710 g/mol. The van der Waals surface area contributed by atoms with Gasteiger partial charge in [0.1, 0.15) is 16.3 Å². The Balaban J connectivity index is 1.63. The summed E-state index contributed by atoms with van der Waals surface area (Å²) in [5.74, 6) is -12.6. The lowest BCUT2D eigenvalue weighted by Crippen LogP contribution is -2.54. The maximum Gasteiger partial charge on any atom is 0.420 e. The van der Waals surface area contributed by atoms with Crippen molar-refractivity contribution in [1.29, 1.82) is 0 Å². The summed E-state index contributed by atoms with van der Waals surface area (Å²) in [6.45, 7) is 4.83. The van der Waals surface area contributed by atoms with Crippen LogP contribution in [0.1, 0.15) is 43.5 Å². The lowest BCUT2D eigenvalue weighted by molar-refractivity contribution is -0.143. The lowest BCUT2D eigenvalue weighted by atomic mass is 10.0. The van der Waals surface area contributed by atoms with Crippen molar-refractivity contribution < 1.29 is 43.5 Å². The van der Waals surface area contributed by atoms with E-state index in [1.807, 2.05) is 13.8 Å². The fourth-order valence-corrected chi connectivity index (χ4v) is 7.39. The van der Waals surface area contributed by atoms with Gasteiger partial charge in [-0.2, -0.15) is 22.5 Å². The highest BCUT2D eigenvalue weighted by Crippen LogP contribution is 2.41. The van der Waals surface area contributed by atoms with Gasteiger partial charge in [-0.05, 0) is 37.5 Å². The zero-order valence-electron chi connectivity index (χ0n) is 24.7. The largest absolute Gasteiger partial charge is 0.420 e. The molecule has 3 aromatic heterocycles. The van der Waals surface area contributed by atoms with Crippen molar-refractivity contribution in [2.24, 2.45) is 0 Å². The Morgan fingerprint density at radius 3 is 2.23 bits per heavy atom. The zero-order valence-corrected chi connectivity index (χ0v) is 26.3. The first-order valence-electron chi connectivity index (χ1n) is 13.7. The molecule has 1 aliphatic heterocycles. The van der Waals surface area contributed by atoms with Gasteiger partial charge in [0, 0.05) is 31.9 Å². The van der Waals surface area contributed by atoms with Crippen LogP contribution in [0, 0.1) is 36.0 Å². The van der Waals surface area contributed by atoms with Crippen LogP contribution in [-0.2, 0) is 16.2 Å². The van der Waals surface area contributed by atoms with E-state index in [4.69, 9.17) is 11.6 Å². The summed E-state index contributed by atoms with van der Waals surface area (Å²) >= 11 is 6.01. The van der Waals surface area contributed by atoms with Gasteiger partial charge in [0.05, 0.1) is 16.8 Å². The number of aromatic nitrogens is 4. The molecule has 1 saturated heterocycles. The molecule has 5 rings (SSSR count). The van der Waals surface area contributed by atoms with E-state index >= 15 is 0 Å². The molecule has 19 heteroatoms. The Hall–Kier alpha value is -3.90. The zero-order chi connectivity index (χ0) is 34.9. The molecule has 0 unspecified atom stereocenters. The molecule has 4 heterocycles. The van der Waals surface area contributed by atoms with Crippen molar-refractivity contribution in [3.8, 4) is 5.69 Å². The highest BCUT2D eigenvalue weighted by atomic mass is 35.5. The van der Waals surface area contributed by atoms with E-state index in [1.54, 1.807) is 13.0 Å². The van der Waals surface area contributed by atoms with Gasteiger partial charge >= 0.3 is 11.9 Å². The van der Waals surface area contributed by atoms with E-state index in [0.717, 1.165) is 10.6 Å². The Morgan fingerprint density at radius 1 is 1.00 bits per heavy atom.